The van der Waals surface area contributed by atoms with Crippen molar-refractivity contribution in [2.24, 2.45) is 11.8 Å². The molecule has 4 atom stereocenters. The van der Waals surface area contributed by atoms with Gasteiger partial charge in [0.1, 0.15) is 6.04 Å². The maximum atomic E-state index is 12.8. The molecule has 7 heteroatoms. The molecule has 2 aliphatic rings. The monoisotopic (exact) mass is 350 g/mol. The van der Waals surface area contributed by atoms with Crippen LogP contribution >= 0.6 is 0 Å². The Balaban J connectivity index is 1.47. The number of benzene rings is 1. The van der Waals surface area contributed by atoms with Gasteiger partial charge in [0.25, 0.3) is 0 Å². The fourth-order valence-electron chi connectivity index (χ4n) is 3.98. The Morgan fingerprint density at radius 2 is 2.19 bits per heavy atom. The molecule has 1 saturated carbocycles. The molecule has 1 aromatic carbocycles. The first-order valence-electron chi connectivity index (χ1n) is 9.04. The summed E-state index contributed by atoms with van der Waals surface area (Å²) in [5.41, 5.74) is 8.00. The lowest BCUT2D eigenvalue weighted by Crippen LogP contribution is -2.48. The maximum absolute atomic E-state index is 12.8. The number of rotatable bonds is 4. The highest BCUT2D eigenvalue weighted by molar-refractivity contribution is 5.80. The van der Waals surface area contributed by atoms with Crippen molar-refractivity contribution in [3.8, 4) is 11.8 Å². The summed E-state index contributed by atoms with van der Waals surface area (Å²) in [6.45, 7) is 0.903. The van der Waals surface area contributed by atoms with E-state index in [1.807, 2.05) is 30.3 Å². The van der Waals surface area contributed by atoms with E-state index in [0.29, 0.717) is 11.5 Å². The molecule has 2 aromatic rings. The number of nitrogens with zero attached hydrogens (tertiary/aromatic N) is 3. The van der Waals surface area contributed by atoms with Crippen LogP contribution in [0.4, 0.5) is 0 Å². The lowest BCUT2D eigenvalue weighted by molar-refractivity contribution is -0.127. The van der Waals surface area contributed by atoms with Gasteiger partial charge in [0.2, 0.25) is 5.91 Å². The number of para-hydroxylation sites is 1. The summed E-state index contributed by atoms with van der Waals surface area (Å²) < 4.78 is 1.71. The molecule has 3 N–H and O–H groups in total. The number of fused-ring (bicyclic) bond motifs is 1. The maximum Gasteiger partial charge on any atom is 0.226 e. The van der Waals surface area contributed by atoms with Gasteiger partial charge in [0.15, 0.2) is 0 Å². The van der Waals surface area contributed by atoms with E-state index < -0.39 is 6.04 Å². The minimum Gasteiger partial charge on any atom is -0.336 e. The molecule has 2 fully saturated rings. The first-order valence-corrected chi connectivity index (χ1v) is 9.04. The van der Waals surface area contributed by atoms with Gasteiger partial charge in [0.05, 0.1) is 23.9 Å². The molecule has 1 aromatic heterocycles. The van der Waals surface area contributed by atoms with Crippen LogP contribution in [-0.4, -0.2) is 28.3 Å². The molecule has 0 bridgehead atoms. The minimum atomic E-state index is -0.699. The molecule has 4 unspecified atom stereocenters. The molecule has 7 nitrogen and oxygen atoms in total. The van der Waals surface area contributed by atoms with Gasteiger partial charge in [-0.05, 0) is 30.9 Å². The SMILES string of the molecule is N#CC(NC(=O)C1CCCC2CNNC21)c1cnn(-c2ccccc2)c1. The highest BCUT2D eigenvalue weighted by Gasteiger charge is 2.40. The third-order valence-electron chi connectivity index (χ3n) is 5.37. The van der Waals surface area contributed by atoms with E-state index >= 15 is 0 Å². The van der Waals surface area contributed by atoms with Crippen LogP contribution in [-0.2, 0) is 4.79 Å². The third kappa shape index (κ3) is 3.21. The summed E-state index contributed by atoms with van der Waals surface area (Å²) in [5.74, 6) is 0.319. The first kappa shape index (κ1) is 16.8. The predicted molar refractivity (Wildman–Crippen MR) is 95.8 cm³/mol. The van der Waals surface area contributed by atoms with Gasteiger partial charge in [-0.25, -0.2) is 4.68 Å². The quantitative estimate of drug-likeness (QED) is 0.776. The molecule has 0 spiro atoms. The van der Waals surface area contributed by atoms with Crippen molar-refractivity contribution in [2.45, 2.75) is 31.3 Å². The topological polar surface area (TPSA) is 94.8 Å². The van der Waals surface area contributed by atoms with Gasteiger partial charge in [-0.1, -0.05) is 24.6 Å². The molecule has 134 valence electrons. The van der Waals surface area contributed by atoms with E-state index in [4.69, 9.17) is 0 Å². The lowest BCUT2D eigenvalue weighted by Gasteiger charge is -2.32. The molecule has 1 saturated heterocycles. The second-order valence-corrected chi connectivity index (χ2v) is 6.97. The van der Waals surface area contributed by atoms with Crippen LogP contribution in [0.1, 0.15) is 30.9 Å². The highest BCUT2D eigenvalue weighted by atomic mass is 16.2. The number of carbonyl (C=O) groups excluding carboxylic acids is 1. The summed E-state index contributed by atoms with van der Waals surface area (Å²) in [6.07, 6.45) is 6.47. The van der Waals surface area contributed by atoms with Crippen molar-refractivity contribution < 1.29 is 4.79 Å². The molecule has 0 radical (unpaired) electrons. The first-order chi connectivity index (χ1) is 12.8. The van der Waals surface area contributed by atoms with Gasteiger partial charge in [-0.2, -0.15) is 10.4 Å². The summed E-state index contributed by atoms with van der Waals surface area (Å²) in [7, 11) is 0. The van der Waals surface area contributed by atoms with Crippen molar-refractivity contribution in [3.05, 3.63) is 48.3 Å². The van der Waals surface area contributed by atoms with Crippen LogP contribution in [0.3, 0.4) is 0 Å². The average molecular weight is 350 g/mol. The fourth-order valence-corrected chi connectivity index (χ4v) is 3.98. The number of carbonyl (C=O) groups is 1. The Hall–Kier alpha value is -2.69. The van der Waals surface area contributed by atoms with Crippen LogP contribution in [0.5, 0.6) is 0 Å². The van der Waals surface area contributed by atoms with E-state index in [1.54, 1.807) is 17.1 Å². The largest absolute Gasteiger partial charge is 0.336 e. The summed E-state index contributed by atoms with van der Waals surface area (Å²) in [5, 5.41) is 16.8. The van der Waals surface area contributed by atoms with E-state index in [-0.39, 0.29) is 17.9 Å². The van der Waals surface area contributed by atoms with Crippen LogP contribution in [0, 0.1) is 23.2 Å². The van der Waals surface area contributed by atoms with Gasteiger partial charge < -0.3 is 5.32 Å². The minimum absolute atomic E-state index is 0.0603. The number of hydrogen-bond acceptors (Lipinski definition) is 5. The molecule has 4 rings (SSSR count). The summed E-state index contributed by atoms with van der Waals surface area (Å²) in [4.78, 5) is 12.8. The standard InChI is InChI=1S/C19H22N6O/c20-9-17(14-11-22-25(12-14)15-6-2-1-3-7-15)23-19(26)16-8-4-5-13-10-21-24-18(13)16/h1-3,6-7,11-13,16-18,21,24H,4-5,8,10H2,(H,23,26). The van der Waals surface area contributed by atoms with Crippen molar-refractivity contribution >= 4 is 5.91 Å². The predicted octanol–water partition coefficient (Wildman–Crippen LogP) is 1.45. The second kappa shape index (κ2) is 7.28. The number of hydrogen-bond donors (Lipinski definition) is 3. The van der Waals surface area contributed by atoms with Gasteiger partial charge in [-0.3, -0.25) is 15.6 Å². The van der Waals surface area contributed by atoms with E-state index in [0.717, 1.165) is 31.5 Å². The Kier molecular flexibility index (Phi) is 4.69. The number of hydrazine groups is 1. The molecule has 1 amide bonds. The molecular formula is C19H22N6O. The number of amides is 1. The lowest BCUT2D eigenvalue weighted by atomic mass is 9.77. The average Bonchev–Trinajstić information content (AvgIpc) is 3.35. The molecule has 26 heavy (non-hydrogen) atoms. The zero-order valence-corrected chi connectivity index (χ0v) is 14.4. The summed E-state index contributed by atoms with van der Waals surface area (Å²) in [6, 6.07) is 11.3. The van der Waals surface area contributed by atoms with Crippen molar-refractivity contribution in [3.63, 3.8) is 0 Å². The Morgan fingerprint density at radius 3 is 3.00 bits per heavy atom. The van der Waals surface area contributed by atoms with Crippen LogP contribution in [0.15, 0.2) is 42.7 Å². The zero-order chi connectivity index (χ0) is 17.9. The summed E-state index contributed by atoms with van der Waals surface area (Å²) >= 11 is 0. The number of aromatic nitrogens is 2. The number of nitrogens with one attached hydrogen (secondary N) is 3. The second-order valence-electron chi connectivity index (χ2n) is 6.97. The van der Waals surface area contributed by atoms with Gasteiger partial charge in [-0.15, -0.1) is 0 Å². The van der Waals surface area contributed by atoms with Crippen molar-refractivity contribution in [2.75, 3.05) is 6.54 Å². The Morgan fingerprint density at radius 1 is 1.35 bits per heavy atom. The molecule has 1 aliphatic carbocycles. The van der Waals surface area contributed by atoms with Gasteiger partial charge in [0, 0.05) is 24.3 Å². The Labute approximate surface area is 152 Å². The highest BCUT2D eigenvalue weighted by Crippen LogP contribution is 2.31. The van der Waals surface area contributed by atoms with E-state index in [1.165, 1.54) is 0 Å². The molecule has 2 heterocycles. The van der Waals surface area contributed by atoms with Crippen LogP contribution in [0.25, 0.3) is 5.69 Å². The molecule has 1 aliphatic heterocycles. The number of nitriles is 1. The fraction of sp³-hybridized carbons (Fsp3) is 0.421. The smallest absolute Gasteiger partial charge is 0.226 e. The van der Waals surface area contributed by atoms with Crippen LogP contribution < -0.4 is 16.2 Å². The van der Waals surface area contributed by atoms with Crippen molar-refractivity contribution in [1.29, 1.82) is 5.26 Å². The zero-order valence-electron chi connectivity index (χ0n) is 14.4. The van der Waals surface area contributed by atoms with Crippen molar-refractivity contribution in [1.82, 2.24) is 25.9 Å². The van der Waals surface area contributed by atoms with Crippen LogP contribution in [0.2, 0.25) is 0 Å². The van der Waals surface area contributed by atoms with E-state index in [9.17, 15) is 10.1 Å². The third-order valence-corrected chi connectivity index (χ3v) is 5.37. The molecular weight excluding hydrogens is 328 g/mol. The van der Waals surface area contributed by atoms with Gasteiger partial charge >= 0.3 is 0 Å². The normalized spacial score (nSPS) is 25.9. The Bertz CT molecular complexity index is 811. The van der Waals surface area contributed by atoms with E-state index in [2.05, 4.69) is 27.3 Å².